The van der Waals surface area contributed by atoms with Crippen LogP contribution in [0.15, 0.2) is 63.9 Å². The van der Waals surface area contributed by atoms with E-state index >= 15 is 0 Å². The second kappa shape index (κ2) is 4.97. The van der Waals surface area contributed by atoms with Crippen molar-refractivity contribution in [2.24, 2.45) is 0 Å². The van der Waals surface area contributed by atoms with Crippen molar-refractivity contribution in [3.8, 4) is 5.69 Å². The molecule has 22 heavy (non-hydrogen) atoms. The molecule has 1 N–H and O–H groups in total. The van der Waals surface area contributed by atoms with E-state index in [0.29, 0.717) is 10.5 Å². The molecule has 4 rings (SSSR count). The maximum Gasteiger partial charge on any atom is 0.406 e. The SMILES string of the molecule is O=c1c2cc(Br)c3ccccc3[n+]2[nH]n1-c1ccc(Cl)cc1. The number of halogens is 2. The lowest BCUT2D eigenvalue weighted by Gasteiger charge is -1.97. The van der Waals surface area contributed by atoms with Gasteiger partial charge in [-0.05, 0) is 52.3 Å². The van der Waals surface area contributed by atoms with Gasteiger partial charge in [0.15, 0.2) is 11.2 Å². The lowest BCUT2D eigenvalue weighted by molar-refractivity contribution is -0.555. The van der Waals surface area contributed by atoms with Crippen LogP contribution in [0.25, 0.3) is 22.1 Å². The molecule has 108 valence electrons. The van der Waals surface area contributed by atoms with Crippen molar-refractivity contribution < 1.29 is 4.52 Å². The van der Waals surface area contributed by atoms with Crippen molar-refractivity contribution >= 4 is 44.0 Å². The molecule has 4 aromatic rings. The Labute approximate surface area is 138 Å². The Kier molecular flexibility index (Phi) is 3.06. The number of aromatic amines is 1. The molecule has 0 unspecified atom stereocenters. The molecule has 0 saturated heterocycles. The predicted molar refractivity (Wildman–Crippen MR) is 89.8 cm³/mol. The summed E-state index contributed by atoms with van der Waals surface area (Å²) in [7, 11) is 0. The van der Waals surface area contributed by atoms with Crippen LogP contribution in [-0.4, -0.2) is 9.90 Å². The second-order valence-electron chi connectivity index (χ2n) is 4.95. The van der Waals surface area contributed by atoms with Crippen molar-refractivity contribution in [2.75, 3.05) is 0 Å². The summed E-state index contributed by atoms with van der Waals surface area (Å²) in [5.41, 5.74) is 2.12. The Hall–Kier alpha value is -2.11. The highest BCUT2D eigenvalue weighted by Gasteiger charge is 2.20. The zero-order valence-corrected chi connectivity index (χ0v) is 13.6. The normalized spacial score (nSPS) is 11.4. The second-order valence-corrected chi connectivity index (χ2v) is 6.24. The van der Waals surface area contributed by atoms with Gasteiger partial charge in [0.1, 0.15) is 0 Å². The van der Waals surface area contributed by atoms with E-state index in [2.05, 4.69) is 21.1 Å². The van der Waals surface area contributed by atoms with Gasteiger partial charge in [-0.1, -0.05) is 33.6 Å². The number of pyridine rings is 1. The molecular weight excluding hydrogens is 366 g/mol. The predicted octanol–water partition coefficient (Wildman–Crippen LogP) is 3.47. The molecule has 0 aliphatic heterocycles. The lowest BCUT2D eigenvalue weighted by Crippen LogP contribution is -2.26. The zero-order chi connectivity index (χ0) is 15.3. The third-order valence-electron chi connectivity index (χ3n) is 3.61. The molecule has 0 aliphatic rings. The lowest BCUT2D eigenvalue weighted by atomic mass is 10.2. The monoisotopic (exact) mass is 374 g/mol. The molecule has 0 saturated carbocycles. The fraction of sp³-hybridized carbons (Fsp3) is 0. The molecule has 0 fully saturated rings. The average molecular weight is 376 g/mol. The summed E-state index contributed by atoms with van der Waals surface area (Å²) in [6, 6.07) is 16.8. The first-order valence-electron chi connectivity index (χ1n) is 6.65. The minimum absolute atomic E-state index is 0.117. The molecular formula is C16H10BrClN3O+. The Morgan fingerprint density at radius 3 is 2.55 bits per heavy atom. The van der Waals surface area contributed by atoms with Crippen LogP contribution in [0.4, 0.5) is 0 Å². The smallest absolute Gasteiger partial charge is 0.234 e. The quantitative estimate of drug-likeness (QED) is 0.509. The van der Waals surface area contributed by atoms with Crippen LogP contribution in [0.3, 0.4) is 0 Å². The number of hydrogen-bond donors (Lipinski definition) is 1. The molecule has 0 amide bonds. The van der Waals surface area contributed by atoms with E-state index in [1.54, 1.807) is 28.8 Å². The van der Waals surface area contributed by atoms with E-state index in [9.17, 15) is 4.79 Å². The van der Waals surface area contributed by atoms with Gasteiger partial charge in [-0.3, -0.25) is 0 Å². The minimum atomic E-state index is -0.117. The van der Waals surface area contributed by atoms with Crippen LogP contribution in [0.2, 0.25) is 5.02 Å². The van der Waals surface area contributed by atoms with Gasteiger partial charge in [0.05, 0.1) is 0 Å². The van der Waals surface area contributed by atoms with Crippen molar-refractivity contribution in [1.82, 2.24) is 9.90 Å². The first-order valence-corrected chi connectivity index (χ1v) is 7.82. The van der Waals surface area contributed by atoms with Crippen LogP contribution in [0.1, 0.15) is 0 Å². The van der Waals surface area contributed by atoms with Crippen molar-refractivity contribution in [3.05, 3.63) is 74.4 Å². The topological polar surface area (TPSA) is 41.9 Å². The summed E-state index contributed by atoms with van der Waals surface area (Å²) < 4.78 is 4.18. The van der Waals surface area contributed by atoms with Crippen molar-refractivity contribution in [2.45, 2.75) is 0 Å². The molecule has 2 aromatic carbocycles. The maximum absolute atomic E-state index is 12.7. The number of nitrogens with one attached hydrogen (secondary N) is 1. The molecule has 0 spiro atoms. The number of nitrogens with zero attached hydrogens (tertiary/aromatic N) is 2. The number of aromatic nitrogens is 3. The van der Waals surface area contributed by atoms with Gasteiger partial charge in [0, 0.05) is 20.9 Å². The summed E-state index contributed by atoms with van der Waals surface area (Å²) in [6.45, 7) is 0. The zero-order valence-electron chi connectivity index (χ0n) is 11.3. The molecule has 2 heterocycles. The molecule has 0 aliphatic carbocycles. The highest BCUT2D eigenvalue weighted by atomic mass is 79.9. The number of fused-ring (bicyclic) bond motifs is 3. The number of H-pyrrole nitrogens is 1. The van der Waals surface area contributed by atoms with Gasteiger partial charge in [0.2, 0.25) is 5.52 Å². The third kappa shape index (κ3) is 1.97. The standard InChI is InChI=1S/C16H9BrClN3O/c17-13-9-15-16(22)20(11-7-5-10(18)6-8-11)19-21(15)14-4-2-1-3-12(13)14/h1-9H/p+1. The Bertz CT molecular complexity index is 1070. The average Bonchev–Trinajstić information content (AvgIpc) is 2.86. The summed E-state index contributed by atoms with van der Waals surface area (Å²) in [6.07, 6.45) is 0. The number of hydrogen-bond acceptors (Lipinski definition) is 1. The highest BCUT2D eigenvalue weighted by Crippen LogP contribution is 2.21. The molecule has 6 heteroatoms. The van der Waals surface area contributed by atoms with E-state index in [4.69, 9.17) is 11.6 Å². The van der Waals surface area contributed by atoms with E-state index in [-0.39, 0.29) is 5.56 Å². The fourth-order valence-electron chi connectivity index (χ4n) is 2.55. The van der Waals surface area contributed by atoms with Gasteiger partial charge < -0.3 is 0 Å². The summed E-state index contributed by atoms with van der Waals surface area (Å²) in [5, 5.41) is 4.79. The molecule has 0 radical (unpaired) electrons. The molecule has 2 aromatic heterocycles. The summed E-state index contributed by atoms with van der Waals surface area (Å²) in [5.74, 6) is 0. The van der Waals surface area contributed by atoms with E-state index in [0.717, 1.165) is 21.1 Å². The van der Waals surface area contributed by atoms with E-state index in [1.807, 2.05) is 30.3 Å². The van der Waals surface area contributed by atoms with Crippen LogP contribution < -0.4 is 10.1 Å². The first kappa shape index (κ1) is 13.5. The van der Waals surface area contributed by atoms with Crippen LogP contribution in [-0.2, 0) is 0 Å². The van der Waals surface area contributed by atoms with E-state index < -0.39 is 0 Å². The first-order chi connectivity index (χ1) is 10.6. The van der Waals surface area contributed by atoms with Crippen LogP contribution in [0.5, 0.6) is 0 Å². The van der Waals surface area contributed by atoms with Gasteiger partial charge in [-0.2, -0.15) is 0 Å². The van der Waals surface area contributed by atoms with Gasteiger partial charge in [-0.15, -0.1) is 4.52 Å². The van der Waals surface area contributed by atoms with Gasteiger partial charge in [-0.25, -0.2) is 4.79 Å². The third-order valence-corrected chi connectivity index (χ3v) is 4.52. The number of rotatable bonds is 1. The summed E-state index contributed by atoms with van der Waals surface area (Å²) in [4.78, 5) is 12.7. The Balaban J connectivity index is 2.11. The fourth-order valence-corrected chi connectivity index (χ4v) is 3.23. The Morgan fingerprint density at radius 2 is 1.77 bits per heavy atom. The Morgan fingerprint density at radius 1 is 1.05 bits per heavy atom. The molecule has 0 bridgehead atoms. The summed E-state index contributed by atoms with van der Waals surface area (Å²) >= 11 is 9.44. The van der Waals surface area contributed by atoms with Crippen molar-refractivity contribution in [3.63, 3.8) is 0 Å². The van der Waals surface area contributed by atoms with Crippen molar-refractivity contribution in [1.29, 1.82) is 0 Å². The highest BCUT2D eigenvalue weighted by molar-refractivity contribution is 9.10. The van der Waals surface area contributed by atoms with Gasteiger partial charge in [0.25, 0.3) is 0 Å². The minimum Gasteiger partial charge on any atom is -0.234 e. The van der Waals surface area contributed by atoms with Gasteiger partial charge >= 0.3 is 5.56 Å². The molecule has 0 atom stereocenters. The number of para-hydroxylation sites is 1. The number of benzene rings is 2. The van der Waals surface area contributed by atoms with Crippen LogP contribution in [0, 0.1) is 0 Å². The maximum atomic E-state index is 12.7. The molecule has 4 nitrogen and oxygen atoms in total. The van der Waals surface area contributed by atoms with E-state index in [1.165, 1.54) is 4.68 Å². The largest absolute Gasteiger partial charge is 0.406 e. The van der Waals surface area contributed by atoms with Crippen LogP contribution >= 0.6 is 27.5 Å².